The minimum absolute atomic E-state index is 0.233. The summed E-state index contributed by atoms with van der Waals surface area (Å²) in [5.74, 6) is 0.526. The number of benzene rings is 2. The third-order valence-corrected chi connectivity index (χ3v) is 5.77. The highest BCUT2D eigenvalue weighted by molar-refractivity contribution is 7.98. The largest absolute Gasteiger partial charge is 0.497 e. The number of carbonyl (C=O) groups is 3. The minimum atomic E-state index is -0.939. The lowest BCUT2D eigenvalue weighted by Gasteiger charge is -2.24. The Morgan fingerprint density at radius 2 is 1.59 bits per heavy atom. The topological polar surface area (TPSA) is 120 Å². The number of ether oxygens (including phenoxy) is 2. The lowest BCUT2D eigenvalue weighted by atomic mass is 10.1. The molecule has 3 amide bonds. The van der Waals surface area contributed by atoms with Crippen molar-refractivity contribution in [2.75, 3.05) is 12.9 Å². The molecule has 0 aliphatic heterocycles. The number of nitrogens with one attached hydrogen (secondary N) is 2. The Labute approximate surface area is 205 Å². The monoisotopic (exact) mass is 487 g/mol. The van der Waals surface area contributed by atoms with E-state index >= 15 is 0 Å². The molecule has 0 aliphatic rings. The first-order valence-electron chi connectivity index (χ1n) is 10.9. The predicted molar refractivity (Wildman–Crippen MR) is 134 cm³/mol. The van der Waals surface area contributed by atoms with Gasteiger partial charge < -0.3 is 25.8 Å². The van der Waals surface area contributed by atoms with Gasteiger partial charge in [-0.15, -0.1) is 0 Å². The maximum Gasteiger partial charge on any atom is 0.408 e. The summed E-state index contributed by atoms with van der Waals surface area (Å²) in [6.45, 7) is 5.21. The fraction of sp³-hybridized carbons (Fsp3) is 0.400. The van der Waals surface area contributed by atoms with Crippen LogP contribution in [0.25, 0.3) is 0 Å². The molecule has 0 heterocycles. The van der Waals surface area contributed by atoms with Crippen LogP contribution in [0.3, 0.4) is 0 Å². The van der Waals surface area contributed by atoms with Crippen molar-refractivity contribution < 1.29 is 23.9 Å². The van der Waals surface area contributed by atoms with Crippen molar-refractivity contribution in [1.29, 1.82) is 0 Å². The molecule has 34 heavy (non-hydrogen) atoms. The van der Waals surface area contributed by atoms with Crippen LogP contribution >= 0.6 is 11.8 Å². The summed E-state index contributed by atoms with van der Waals surface area (Å²) in [6, 6.07) is 15.0. The zero-order valence-electron chi connectivity index (χ0n) is 20.0. The highest BCUT2D eigenvalue weighted by Crippen LogP contribution is 2.17. The van der Waals surface area contributed by atoms with Crippen molar-refractivity contribution in [2.45, 2.75) is 50.6 Å². The Morgan fingerprint density at radius 3 is 2.15 bits per heavy atom. The molecule has 2 atom stereocenters. The Morgan fingerprint density at radius 1 is 0.941 bits per heavy atom. The molecule has 4 N–H and O–H groups in total. The Bertz CT molecular complexity index is 945. The van der Waals surface area contributed by atoms with Gasteiger partial charge in [-0.2, -0.15) is 11.8 Å². The van der Waals surface area contributed by atoms with E-state index in [0.29, 0.717) is 5.75 Å². The summed E-state index contributed by atoms with van der Waals surface area (Å²) in [6.07, 6.45) is -0.482. The average Bonchev–Trinajstić information content (AvgIpc) is 2.77. The van der Waals surface area contributed by atoms with Crippen molar-refractivity contribution in [2.24, 2.45) is 5.73 Å². The lowest BCUT2D eigenvalue weighted by molar-refractivity contribution is -0.128. The number of thioether (sulfide) groups is 1. The van der Waals surface area contributed by atoms with Gasteiger partial charge in [0.05, 0.1) is 7.11 Å². The van der Waals surface area contributed by atoms with E-state index in [2.05, 4.69) is 10.6 Å². The quantitative estimate of drug-likeness (QED) is 0.448. The molecule has 0 radical (unpaired) electrons. The van der Waals surface area contributed by atoms with Crippen molar-refractivity contribution in [3.63, 3.8) is 0 Å². The van der Waals surface area contributed by atoms with Crippen molar-refractivity contribution in [3.8, 4) is 5.75 Å². The summed E-state index contributed by atoms with van der Waals surface area (Å²) >= 11 is 1.47. The molecule has 2 aromatic rings. The highest BCUT2D eigenvalue weighted by Gasteiger charge is 2.28. The first-order chi connectivity index (χ1) is 16.1. The summed E-state index contributed by atoms with van der Waals surface area (Å²) in [7, 11) is 1.60. The van der Waals surface area contributed by atoms with E-state index in [4.69, 9.17) is 15.2 Å². The highest BCUT2D eigenvalue weighted by atomic mass is 32.2. The molecule has 0 fully saturated rings. The molecule has 8 nitrogen and oxygen atoms in total. The number of hydrogen-bond donors (Lipinski definition) is 3. The normalized spacial score (nSPS) is 12.8. The average molecular weight is 488 g/mol. The van der Waals surface area contributed by atoms with Gasteiger partial charge in [-0.05, 0) is 44.0 Å². The Kier molecular flexibility index (Phi) is 10.2. The van der Waals surface area contributed by atoms with E-state index in [1.807, 2.05) is 54.6 Å². The van der Waals surface area contributed by atoms with Crippen LogP contribution in [-0.2, 0) is 26.5 Å². The van der Waals surface area contributed by atoms with Gasteiger partial charge in [0.2, 0.25) is 11.8 Å². The predicted octanol–water partition coefficient (Wildman–Crippen LogP) is 3.03. The number of methoxy groups -OCH3 is 1. The van der Waals surface area contributed by atoms with Gasteiger partial charge in [0.1, 0.15) is 23.4 Å². The molecular formula is C25H33N3O5S. The summed E-state index contributed by atoms with van der Waals surface area (Å²) in [5.41, 5.74) is 6.73. The fourth-order valence-electron chi connectivity index (χ4n) is 2.99. The van der Waals surface area contributed by atoms with E-state index in [-0.39, 0.29) is 12.2 Å². The second kappa shape index (κ2) is 12.9. The standard InChI is InChI=1S/C25H33N3O5S/c1-25(2,3)33-24(31)28-20(14-17-8-6-5-7-9-17)23(30)27-21(22(26)29)16-34-15-18-10-12-19(32-4)13-11-18/h5-13,20-21H,14-16H2,1-4H3,(H2,26,29)(H,27,30)(H,28,31)/t20-,21-/m0/s1. The van der Waals surface area contributed by atoms with Crippen LogP contribution in [0.2, 0.25) is 0 Å². The molecule has 9 heteroatoms. The van der Waals surface area contributed by atoms with E-state index in [9.17, 15) is 14.4 Å². The zero-order valence-corrected chi connectivity index (χ0v) is 20.8. The second-order valence-corrected chi connectivity index (χ2v) is 9.75. The Hall–Kier alpha value is -3.20. The third kappa shape index (κ3) is 9.74. The van der Waals surface area contributed by atoms with Crippen LogP contribution < -0.4 is 21.1 Å². The van der Waals surface area contributed by atoms with Crippen molar-refractivity contribution in [3.05, 3.63) is 65.7 Å². The van der Waals surface area contributed by atoms with E-state index < -0.39 is 35.6 Å². The van der Waals surface area contributed by atoms with Gasteiger partial charge in [0, 0.05) is 17.9 Å². The fourth-order valence-corrected chi connectivity index (χ4v) is 4.02. The first-order valence-corrected chi connectivity index (χ1v) is 12.1. The summed E-state index contributed by atoms with van der Waals surface area (Å²) in [4.78, 5) is 37.4. The van der Waals surface area contributed by atoms with Crippen LogP contribution in [0, 0.1) is 0 Å². The van der Waals surface area contributed by atoms with E-state index in [1.165, 1.54) is 11.8 Å². The van der Waals surface area contributed by atoms with Crippen LogP contribution in [0.15, 0.2) is 54.6 Å². The molecule has 2 rings (SSSR count). The van der Waals surface area contributed by atoms with Crippen molar-refractivity contribution in [1.82, 2.24) is 10.6 Å². The molecule has 0 bridgehead atoms. The molecule has 0 aliphatic carbocycles. The molecule has 0 aromatic heterocycles. The molecular weight excluding hydrogens is 454 g/mol. The summed E-state index contributed by atoms with van der Waals surface area (Å²) in [5, 5.41) is 5.30. The lowest BCUT2D eigenvalue weighted by Crippen LogP contribution is -2.55. The number of primary amides is 1. The maximum atomic E-state index is 13.1. The third-order valence-electron chi connectivity index (χ3n) is 4.66. The maximum absolute atomic E-state index is 13.1. The number of hydrogen-bond acceptors (Lipinski definition) is 6. The number of carbonyl (C=O) groups excluding carboxylic acids is 3. The van der Waals surface area contributed by atoms with Crippen LogP contribution in [0.5, 0.6) is 5.75 Å². The van der Waals surface area contributed by atoms with Gasteiger partial charge in [0.15, 0.2) is 0 Å². The van der Waals surface area contributed by atoms with Crippen LogP contribution in [0.1, 0.15) is 31.9 Å². The molecule has 0 saturated heterocycles. The molecule has 184 valence electrons. The molecule has 0 spiro atoms. The molecule has 0 saturated carbocycles. The summed E-state index contributed by atoms with van der Waals surface area (Å²) < 4.78 is 10.5. The molecule has 0 unspecified atom stereocenters. The number of amides is 3. The Balaban J connectivity index is 2.02. The van der Waals surface area contributed by atoms with Gasteiger partial charge in [-0.1, -0.05) is 42.5 Å². The number of alkyl carbamates (subject to hydrolysis) is 1. The SMILES string of the molecule is COc1ccc(CSC[C@H](NC(=O)[C@H](Cc2ccccc2)NC(=O)OC(C)(C)C)C(N)=O)cc1. The van der Waals surface area contributed by atoms with E-state index in [0.717, 1.165) is 16.9 Å². The van der Waals surface area contributed by atoms with Crippen molar-refractivity contribution >= 4 is 29.7 Å². The first kappa shape index (κ1) is 27.0. The zero-order chi connectivity index (χ0) is 25.1. The number of rotatable bonds is 11. The second-order valence-electron chi connectivity index (χ2n) is 8.72. The van der Waals surface area contributed by atoms with Gasteiger partial charge in [0.25, 0.3) is 0 Å². The van der Waals surface area contributed by atoms with Gasteiger partial charge in [-0.25, -0.2) is 4.79 Å². The van der Waals surface area contributed by atoms with E-state index in [1.54, 1.807) is 27.9 Å². The number of nitrogens with two attached hydrogens (primary N) is 1. The van der Waals surface area contributed by atoms with Gasteiger partial charge in [-0.3, -0.25) is 9.59 Å². The minimum Gasteiger partial charge on any atom is -0.497 e. The molecule has 2 aromatic carbocycles. The van der Waals surface area contributed by atoms with Gasteiger partial charge >= 0.3 is 6.09 Å². The smallest absolute Gasteiger partial charge is 0.408 e. The van der Waals surface area contributed by atoms with Crippen LogP contribution in [-0.4, -0.2) is 48.5 Å². The van der Waals surface area contributed by atoms with Crippen LogP contribution in [0.4, 0.5) is 4.79 Å².